The minimum absolute atomic E-state index is 0.560. The summed E-state index contributed by atoms with van der Waals surface area (Å²) < 4.78 is 5.53. The lowest BCUT2D eigenvalue weighted by Crippen LogP contribution is -2.15. The molecule has 2 rings (SSSR count). The molecular weight excluding hydrogens is 190 g/mol. The summed E-state index contributed by atoms with van der Waals surface area (Å²) in [6.07, 6.45) is 2.69. The van der Waals surface area contributed by atoms with Crippen LogP contribution in [0, 0.1) is 17.2 Å². The Bertz CT molecular complexity index is 349. The Labute approximate surface area is 88.9 Å². The molecule has 78 valence electrons. The van der Waals surface area contributed by atoms with E-state index in [1.54, 1.807) is 12.1 Å². The maximum atomic E-state index is 8.59. The molecule has 2 heterocycles. The summed E-state index contributed by atoms with van der Waals surface area (Å²) in [6, 6.07) is 5.48. The predicted molar refractivity (Wildman–Crippen MR) is 55.4 cm³/mol. The van der Waals surface area contributed by atoms with E-state index >= 15 is 0 Å². The summed E-state index contributed by atoms with van der Waals surface area (Å²) in [5.74, 6) is 1.18. The Morgan fingerprint density at radius 2 is 2.53 bits per heavy atom. The number of pyridine rings is 1. The van der Waals surface area contributed by atoms with Crippen LogP contribution in [0.25, 0.3) is 0 Å². The van der Waals surface area contributed by atoms with E-state index in [0.717, 1.165) is 19.5 Å². The highest BCUT2D eigenvalue weighted by Gasteiger charge is 2.14. The molecule has 1 aliphatic heterocycles. The van der Waals surface area contributed by atoms with Gasteiger partial charge in [-0.25, -0.2) is 4.98 Å². The van der Waals surface area contributed by atoms with Crippen molar-refractivity contribution in [1.82, 2.24) is 10.3 Å². The monoisotopic (exact) mass is 203 g/mol. The van der Waals surface area contributed by atoms with E-state index in [4.69, 9.17) is 10.00 Å². The van der Waals surface area contributed by atoms with Gasteiger partial charge in [0.25, 0.3) is 0 Å². The second-order valence-electron chi connectivity index (χ2n) is 3.67. The molecule has 0 radical (unpaired) electrons. The number of rotatable bonds is 3. The van der Waals surface area contributed by atoms with Crippen molar-refractivity contribution in [2.75, 3.05) is 19.7 Å². The largest absolute Gasteiger partial charge is 0.477 e. The van der Waals surface area contributed by atoms with Gasteiger partial charge < -0.3 is 10.1 Å². The van der Waals surface area contributed by atoms with E-state index < -0.39 is 0 Å². The Balaban J connectivity index is 1.85. The summed E-state index contributed by atoms with van der Waals surface area (Å²) in [4.78, 5) is 4.05. The number of ether oxygens (including phenoxy) is 1. The van der Waals surface area contributed by atoms with Gasteiger partial charge in [-0.1, -0.05) is 0 Å². The maximum absolute atomic E-state index is 8.59. The van der Waals surface area contributed by atoms with Gasteiger partial charge in [0.05, 0.1) is 12.2 Å². The summed E-state index contributed by atoms with van der Waals surface area (Å²) in [6.45, 7) is 2.80. The number of nitrogens with one attached hydrogen (secondary N) is 1. The van der Waals surface area contributed by atoms with E-state index in [0.29, 0.717) is 24.0 Å². The molecule has 0 bridgehead atoms. The van der Waals surface area contributed by atoms with Crippen LogP contribution in [-0.4, -0.2) is 24.7 Å². The van der Waals surface area contributed by atoms with Gasteiger partial charge in [0.1, 0.15) is 6.07 Å². The fraction of sp³-hybridized carbons (Fsp3) is 0.455. The molecule has 0 saturated carbocycles. The number of aromatic nitrogens is 1. The topological polar surface area (TPSA) is 57.9 Å². The number of hydrogen-bond acceptors (Lipinski definition) is 4. The average Bonchev–Trinajstić information content (AvgIpc) is 2.80. The van der Waals surface area contributed by atoms with Crippen molar-refractivity contribution < 1.29 is 4.74 Å². The molecule has 1 unspecified atom stereocenters. The van der Waals surface area contributed by atoms with Crippen LogP contribution in [0.15, 0.2) is 18.3 Å². The fourth-order valence-corrected chi connectivity index (χ4v) is 1.59. The standard InChI is InChI=1S/C11H13N3O/c12-5-9-1-2-11(14-7-9)15-8-10-3-4-13-6-10/h1-2,7,10,13H,3-4,6,8H2. The molecule has 0 aliphatic carbocycles. The van der Waals surface area contributed by atoms with Crippen LogP contribution >= 0.6 is 0 Å². The highest BCUT2D eigenvalue weighted by Crippen LogP contribution is 2.11. The third-order valence-corrected chi connectivity index (χ3v) is 2.49. The smallest absolute Gasteiger partial charge is 0.213 e. The molecule has 1 aromatic heterocycles. The maximum Gasteiger partial charge on any atom is 0.213 e. The first-order chi connectivity index (χ1) is 7.38. The summed E-state index contributed by atoms with van der Waals surface area (Å²) >= 11 is 0. The van der Waals surface area contributed by atoms with Gasteiger partial charge in [-0.2, -0.15) is 5.26 Å². The van der Waals surface area contributed by atoms with Gasteiger partial charge in [-0.15, -0.1) is 0 Å². The molecule has 0 aromatic carbocycles. The minimum Gasteiger partial charge on any atom is -0.477 e. The lowest BCUT2D eigenvalue weighted by Gasteiger charge is -2.09. The molecule has 1 N–H and O–H groups in total. The van der Waals surface area contributed by atoms with Crippen LogP contribution in [0.5, 0.6) is 5.88 Å². The molecule has 1 aromatic rings. The van der Waals surface area contributed by atoms with Crippen molar-refractivity contribution in [3.63, 3.8) is 0 Å². The first-order valence-corrected chi connectivity index (χ1v) is 5.08. The highest BCUT2D eigenvalue weighted by molar-refractivity contribution is 5.28. The summed E-state index contributed by atoms with van der Waals surface area (Å²) in [5.41, 5.74) is 0.560. The van der Waals surface area contributed by atoms with Crippen LogP contribution < -0.4 is 10.1 Å². The Morgan fingerprint density at radius 3 is 3.13 bits per heavy atom. The zero-order valence-corrected chi connectivity index (χ0v) is 8.44. The van der Waals surface area contributed by atoms with E-state index in [2.05, 4.69) is 10.3 Å². The quantitative estimate of drug-likeness (QED) is 0.794. The number of nitrogens with zero attached hydrogens (tertiary/aromatic N) is 2. The average molecular weight is 203 g/mol. The minimum atomic E-state index is 0.560. The Hall–Kier alpha value is -1.60. The van der Waals surface area contributed by atoms with Crippen molar-refractivity contribution in [1.29, 1.82) is 5.26 Å². The zero-order chi connectivity index (χ0) is 10.5. The van der Waals surface area contributed by atoms with Crippen molar-refractivity contribution in [2.45, 2.75) is 6.42 Å². The van der Waals surface area contributed by atoms with Gasteiger partial charge in [-0.3, -0.25) is 0 Å². The fourth-order valence-electron chi connectivity index (χ4n) is 1.59. The SMILES string of the molecule is N#Cc1ccc(OCC2CCNC2)nc1. The van der Waals surface area contributed by atoms with E-state index in [1.165, 1.54) is 6.20 Å². The number of nitriles is 1. The van der Waals surface area contributed by atoms with Crippen molar-refractivity contribution in [3.05, 3.63) is 23.9 Å². The third-order valence-electron chi connectivity index (χ3n) is 2.49. The molecule has 1 atom stereocenters. The normalized spacial score (nSPS) is 19.8. The molecule has 4 heteroatoms. The lowest BCUT2D eigenvalue weighted by molar-refractivity contribution is 0.251. The van der Waals surface area contributed by atoms with Crippen molar-refractivity contribution in [3.8, 4) is 11.9 Å². The molecule has 0 amide bonds. The zero-order valence-electron chi connectivity index (χ0n) is 8.44. The van der Waals surface area contributed by atoms with Crippen LogP contribution in [0.4, 0.5) is 0 Å². The van der Waals surface area contributed by atoms with Gasteiger partial charge in [0, 0.05) is 24.7 Å². The lowest BCUT2D eigenvalue weighted by atomic mass is 10.1. The molecular formula is C11H13N3O. The molecule has 1 saturated heterocycles. The molecule has 1 aliphatic rings. The molecule has 1 fully saturated rings. The molecule has 15 heavy (non-hydrogen) atoms. The van der Waals surface area contributed by atoms with Gasteiger partial charge in [-0.05, 0) is 19.0 Å². The van der Waals surface area contributed by atoms with Gasteiger partial charge in [0.2, 0.25) is 5.88 Å². The summed E-state index contributed by atoms with van der Waals surface area (Å²) in [5, 5.41) is 11.9. The van der Waals surface area contributed by atoms with E-state index in [-0.39, 0.29) is 0 Å². The van der Waals surface area contributed by atoms with Crippen molar-refractivity contribution in [2.24, 2.45) is 5.92 Å². The Morgan fingerprint density at radius 1 is 1.60 bits per heavy atom. The van der Waals surface area contributed by atoms with Crippen LogP contribution in [0.3, 0.4) is 0 Å². The first kappa shape index (κ1) is 9.94. The van der Waals surface area contributed by atoms with Crippen molar-refractivity contribution >= 4 is 0 Å². The highest BCUT2D eigenvalue weighted by atomic mass is 16.5. The third kappa shape index (κ3) is 2.67. The van der Waals surface area contributed by atoms with E-state index in [1.807, 2.05) is 6.07 Å². The second-order valence-corrected chi connectivity index (χ2v) is 3.67. The predicted octanol–water partition coefficient (Wildman–Crippen LogP) is 0.942. The van der Waals surface area contributed by atoms with Crippen LogP contribution in [0.2, 0.25) is 0 Å². The van der Waals surface area contributed by atoms with Gasteiger partial charge >= 0.3 is 0 Å². The van der Waals surface area contributed by atoms with Crippen LogP contribution in [-0.2, 0) is 0 Å². The Kier molecular flexibility index (Phi) is 3.15. The first-order valence-electron chi connectivity index (χ1n) is 5.08. The number of hydrogen-bond donors (Lipinski definition) is 1. The second kappa shape index (κ2) is 4.76. The molecule has 0 spiro atoms. The molecule has 4 nitrogen and oxygen atoms in total. The van der Waals surface area contributed by atoms with E-state index in [9.17, 15) is 0 Å². The summed E-state index contributed by atoms with van der Waals surface area (Å²) in [7, 11) is 0. The van der Waals surface area contributed by atoms with Gasteiger partial charge in [0.15, 0.2) is 0 Å². The van der Waals surface area contributed by atoms with Crippen LogP contribution in [0.1, 0.15) is 12.0 Å².